The Kier molecular flexibility index (Phi) is 13.1. The number of pyridine rings is 2. The molecule has 3 N–H and O–H groups in total. The molecule has 10 nitrogen and oxygen atoms in total. The summed E-state index contributed by atoms with van der Waals surface area (Å²) in [7, 11) is 7.05. The maximum atomic E-state index is 6.20. The van der Waals surface area contributed by atoms with Crippen LogP contribution in [0.25, 0.3) is 22.1 Å². The Bertz CT molecular complexity index is 1970. The zero-order valence-electron chi connectivity index (χ0n) is 29.1. The first-order valence-corrected chi connectivity index (χ1v) is 16.9. The van der Waals surface area contributed by atoms with E-state index in [0.29, 0.717) is 40.3 Å². The smallest absolute Gasteiger partial charge is 0.161 e. The molecule has 0 amide bonds. The number of hydrogen-bond donors (Lipinski definition) is 2. The fourth-order valence-electron chi connectivity index (χ4n) is 5.10. The highest BCUT2D eigenvalue weighted by atomic mass is 35.5. The van der Waals surface area contributed by atoms with Gasteiger partial charge in [-0.2, -0.15) is 10.2 Å². The summed E-state index contributed by atoms with van der Waals surface area (Å²) in [5.41, 5.74) is 12.2. The normalized spacial score (nSPS) is 11.0. The van der Waals surface area contributed by atoms with E-state index in [-0.39, 0.29) is 0 Å². The molecule has 260 valence electrons. The van der Waals surface area contributed by atoms with E-state index in [1.54, 1.807) is 29.6 Å². The van der Waals surface area contributed by atoms with Gasteiger partial charge in [0.1, 0.15) is 21.8 Å². The van der Waals surface area contributed by atoms with Gasteiger partial charge in [-0.15, -0.1) is 0 Å². The van der Waals surface area contributed by atoms with Gasteiger partial charge in [-0.05, 0) is 59.4 Å². The van der Waals surface area contributed by atoms with Gasteiger partial charge in [-0.1, -0.05) is 86.8 Å². The summed E-state index contributed by atoms with van der Waals surface area (Å²) in [4.78, 5) is 8.65. The fourth-order valence-corrected chi connectivity index (χ4v) is 5.82. The number of methoxy groups -OCH3 is 2. The molecule has 2 aromatic carbocycles. The van der Waals surface area contributed by atoms with E-state index >= 15 is 0 Å². The zero-order valence-corrected chi connectivity index (χ0v) is 31.3. The molecule has 0 aliphatic rings. The van der Waals surface area contributed by atoms with Gasteiger partial charge < -0.3 is 20.5 Å². The molecule has 0 fully saturated rings. The first-order valence-electron chi connectivity index (χ1n) is 15.8. The third kappa shape index (κ3) is 9.33. The summed E-state index contributed by atoms with van der Waals surface area (Å²) in [6.45, 7) is 9.68. The first kappa shape index (κ1) is 37.7. The second-order valence-electron chi connectivity index (χ2n) is 11.9. The van der Waals surface area contributed by atoms with E-state index < -0.39 is 0 Å². The van der Waals surface area contributed by atoms with Crippen molar-refractivity contribution in [3.63, 3.8) is 0 Å². The Morgan fingerprint density at radius 2 is 1.14 bits per heavy atom. The summed E-state index contributed by atoms with van der Waals surface area (Å²) in [5.74, 6) is 2.34. The third-order valence-electron chi connectivity index (χ3n) is 7.66. The van der Waals surface area contributed by atoms with Crippen LogP contribution in [0.4, 0.5) is 5.69 Å². The minimum atomic E-state index is 0.304. The van der Waals surface area contributed by atoms with Gasteiger partial charge in [0.25, 0.3) is 0 Å². The average molecular weight is 726 g/mol. The van der Waals surface area contributed by atoms with Gasteiger partial charge in [0.2, 0.25) is 0 Å². The van der Waals surface area contributed by atoms with Crippen LogP contribution in [0.1, 0.15) is 62.0 Å². The van der Waals surface area contributed by atoms with Crippen LogP contribution in [0.2, 0.25) is 15.3 Å². The molecule has 0 spiro atoms. The van der Waals surface area contributed by atoms with E-state index in [9.17, 15) is 0 Å². The van der Waals surface area contributed by atoms with Crippen molar-refractivity contribution in [1.82, 2.24) is 29.5 Å². The second kappa shape index (κ2) is 17.0. The Morgan fingerprint density at radius 3 is 1.61 bits per heavy atom. The summed E-state index contributed by atoms with van der Waals surface area (Å²) >= 11 is 18.2. The molecule has 0 aliphatic heterocycles. The Labute approximate surface area is 302 Å². The van der Waals surface area contributed by atoms with E-state index in [1.165, 1.54) is 0 Å². The maximum Gasteiger partial charge on any atom is 0.161 e. The molecule has 0 saturated heterocycles. The zero-order chi connectivity index (χ0) is 35.8. The number of benzene rings is 2. The molecule has 0 atom stereocenters. The molecule has 0 bridgehead atoms. The van der Waals surface area contributed by atoms with E-state index in [2.05, 4.69) is 53.2 Å². The molecule has 6 rings (SSSR count). The number of ether oxygens (including phenoxy) is 2. The Balaban J connectivity index is 0.000000184. The van der Waals surface area contributed by atoms with Crippen LogP contribution in [0.5, 0.6) is 11.5 Å². The number of nitrogens with one attached hydrogen (secondary N) is 1. The van der Waals surface area contributed by atoms with Crippen molar-refractivity contribution in [3.8, 4) is 11.5 Å². The van der Waals surface area contributed by atoms with Gasteiger partial charge >= 0.3 is 0 Å². The van der Waals surface area contributed by atoms with Gasteiger partial charge in [-0.3, -0.25) is 9.36 Å². The van der Waals surface area contributed by atoms with Gasteiger partial charge in [0.05, 0.1) is 47.1 Å². The predicted molar refractivity (Wildman–Crippen MR) is 201 cm³/mol. The number of aryl methyl sites for hydroxylation is 2. The average Bonchev–Trinajstić information content (AvgIpc) is 3.61. The molecule has 4 heterocycles. The Morgan fingerprint density at radius 1 is 0.694 bits per heavy atom. The molecule has 4 aromatic heterocycles. The molecule has 0 aliphatic carbocycles. The molecule has 13 heteroatoms. The number of anilines is 1. The second-order valence-corrected chi connectivity index (χ2v) is 13.1. The van der Waals surface area contributed by atoms with Crippen LogP contribution in [0, 0.1) is 0 Å². The quantitative estimate of drug-likeness (QED) is 0.149. The number of nitrogens with zero attached hydrogens (tertiary/aromatic N) is 6. The van der Waals surface area contributed by atoms with Crippen molar-refractivity contribution in [2.24, 2.45) is 19.8 Å². The van der Waals surface area contributed by atoms with Crippen LogP contribution in [-0.2, 0) is 27.2 Å². The van der Waals surface area contributed by atoms with Crippen molar-refractivity contribution in [1.29, 1.82) is 0 Å². The van der Waals surface area contributed by atoms with Crippen LogP contribution in [0.3, 0.4) is 0 Å². The topological polar surface area (TPSA) is 118 Å². The lowest BCUT2D eigenvalue weighted by Crippen LogP contribution is -2.02. The Hall–Kier alpha value is -4.09. The highest BCUT2D eigenvalue weighted by Crippen LogP contribution is 2.33. The SMILES string of the molecule is CC(C)c1nn(C)c2nc(Cl)cc(Cl)c12.COc1ccc(CN)cc1.COc1ccc(CNc2cc(Cl)nc3c2c(C(C)C)nn3C)cc1. The number of aromatic nitrogens is 6. The summed E-state index contributed by atoms with van der Waals surface area (Å²) in [6, 6.07) is 19.2. The van der Waals surface area contributed by atoms with Crippen molar-refractivity contribution in [3.05, 3.63) is 98.5 Å². The lowest BCUT2D eigenvalue weighted by atomic mass is 10.1. The predicted octanol–water partition coefficient (Wildman–Crippen LogP) is 8.92. The van der Waals surface area contributed by atoms with Crippen LogP contribution in [-0.4, -0.2) is 43.7 Å². The number of halogens is 3. The summed E-state index contributed by atoms with van der Waals surface area (Å²) in [5, 5.41) is 15.9. The minimum Gasteiger partial charge on any atom is -0.497 e. The number of hydrogen-bond acceptors (Lipinski definition) is 8. The largest absolute Gasteiger partial charge is 0.497 e. The number of rotatable bonds is 8. The van der Waals surface area contributed by atoms with E-state index in [1.807, 2.05) is 68.7 Å². The molecular weight excluding hydrogens is 683 g/mol. The van der Waals surface area contributed by atoms with Crippen molar-refractivity contribution >= 4 is 62.6 Å². The van der Waals surface area contributed by atoms with Gasteiger partial charge in [0, 0.05) is 27.2 Å². The fraction of sp³-hybridized carbons (Fsp3) is 0.333. The lowest BCUT2D eigenvalue weighted by Gasteiger charge is -2.11. The third-order valence-corrected chi connectivity index (χ3v) is 8.35. The minimum absolute atomic E-state index is 0.304. The van der Waals surface area contributed by atoms with Crippen molar-refractivity contribution in [2.45, 2.75) is 52.6 Å². The van der Waals surface area contributed by atoms with E-state index in [0.717, 1.165) is 61.8 Å². The van der Waals surface area contributed by atoms with Crippen molar-refractivity contribution < 1.29 is 9.47 Å². The molecular formula is C36H43Cl3N8O2. The highest BCUT2D eigenvalue weighted by molar-refractivity contribution is 6.37. The van der Waals surface area contributed by atoms with E-state index in [4.69, 9.17) is 50.0 Å². The molecule has 49 heavy (non-hydrogen) atoms. The van der Waals surface area contributed by atoms with Gasteiger partial charge in [-0.25, -0.2) is 9.97 Å². The van der Waals surface area contributed by atoms with Crippen LogP contribution >= 0.6 is 34.8 Å². The molecule has 0 unspecified atom stereocenters. The number of fused-ring (bicyclic) bond motifs is 2. The lowest BCUT2D eigenvalue weighted by molar-refractivity contribution is 0.414. The van der Waals surface area contributed by atoms with Crippen LogP contribution < -0.4 is 20.5 Å². The standard InChI is InChI=1S/C18H21ClN4O.C10H11Cl2N3.C8H11NO/c1-11(2)17-16-14(9-15(19)21-18(16)23(3)22-17)20-10-12-5-7-13(24-4)8-6-12;1-5(2)9-8-6(11)4-7(12)13-10(8)15(3)14-9;1-10-8-4-2-7(6-9)3-5-8/h5-9,11H,10H2,1-4H3,(H,20,21);4-5H,1-3H3;2-5H,6,9H2,1H3. The van der Waals surface area contributed by atoms with Crippen LogP contribution in [0.15, 0.2) is 60.7 Å². The molecule has 0 saturated carbocycles. The first-order chi connectivity index (χ1) is 23.4. The highest BCUT2D eigenvalue weighted by Gasteiger charge is 2.18. The molecule has 0 radical (unpaired) electrons. The summed E-state index contributed by atoms with van der Waals surface area (Å²) in [6.07, 6.45) is 0. The van der Waals surface area contributed by atoms with Crippen molar-refractivity contribution in [2.75, 3.05) is 19.5 Å². The summed E-state index contributed by atoms with van der Waals surface area (Å²) < 4.78 is 13.7. The maximum absolute atomic E-state index is 6.20. The molecule has 6 aromatic rings. The monoisotopic (exact) mass is 724 g/mol. The number of nitrogens with two attached hydrogens (primary N) is 1. The van der Waals surface area contributed by atoms with Gasteiger partial charge in [0.15, 0.2) is 11.3 Å².